The van der Waals surface area contributed by atoms with Gasteiger partial charge in [0.05, 0.1) is 10.7 Å². The molecule has 0 aliphatic heterocycles. The Morgan fingerprint density at radius 2 is 1.52 bits per heavy atom. The van der Waals surface area contributed by atoms with Gasteiger partial charge in [-0.05, 0) is 50.1 Å². The number of carbonyl (C=O) groups excluding carboxylic acids is 2. The van der Waals surface area contributed by atoms with Crippen LogP contribution in [0.2, 0.25) is 5.02 Å². The molecule has 0 unspecified atom stereocenters. The van der Waals surface area contributed by atoms with E-state index >= 15 is 0 Å². The van der Waals surface area contributed by atoms with E-state index in [1.54, 1.807) is 18.2 Å². The number of amides is 2. The van der Waals surface area contributed by atoms with Crippen molar-refractivity contribution in [2.75, 3.05) is 10.6 Å². The summed E-state index contributed by atoms with van der Waals surface area (Å²) in [6.07, 6.45) is -0.266. The minimum Gasteiger partial charge on any atom is -0.326 e. The van der Waals surface area contributed by atoms with E-state index in [2.05, 4.69) is 10.6 Å². The van der Waals surface area contributed by atoms with Gasteiger partial charge in [-0.1, -0.05) is 35.4 Å². The Kier molecular flexibility index (Phi) is 5.40. The summed E-state index contributed by atoms with van der Waals surface area (Å²) in [7, 11) is 0. The maximum atomic E-state index is 12.0. The highest BCUT2D eigenvalue weighted by molar-refractivity contribution is 6.34. The lowest BCUT2D eigenvalue weighted by Crippen LogP contribution is -2.22. The fourth-order valence-corrected chi connectivity index (χ4v) is 2.61. The van der Waals surface area contributed by atoms with Crippen LogP contribution in [0.4, 0.5) is 11.4 Å². The molecule has 0 saturated carbocycles. The van der Waals surface area contributed by atoms with Crippen LogP contribution in [-0.4, -0.2) is 11.8 Å². The first-order valence-corrected chi connectivity index (χ1v) is 7.66. The van der Waals surface area contributed by atoms with E-state index in [9.17, 15) is 9.59 Å². The standard InChI is InChI=1S/C18H19ClN2O2/c1-11-4-6-14(7-5-11)20-16(22)10-17(23)21-18-13(3)8-12(2)9-15(18)19/h4-9H,10H2,1-3H3,(H,20,22)(H,21,23). The van der Waals surface area contributed by atoms with Gasteiger partial charge in [-0.25, -0.2) is 0 Å². The summed E-state index contributed by atoms with van der Waals surface area (Å²) in [6.45, 7) is 5.76. The van der Waals surface area contributed by atoms with Crippen LogP contribution in [0.3, 0.4) is 0 Å². The fourth-order valence-electron chi connectivity index (χ4n) is 2.25. The molecule has 0 saturated heterocycles. The number of aryl methyl sites for hydroxylation is 3. The Labute approximate surface area is 140 Å². The fraction of sp³-hybridized carbons (Fsp3) is 0.222. The molecule has 0 spiro atoms. The Morgan fingerprint density at radius 3 is 2.13 bits per heavy atom. The molecule has 120 valence electrons. The van der Waals surface area contributed by atoms with Crippen molar-refractivity contribution in [2.24, 2.45) is 0 Å². The van der Waals surface area contributed by atoms with Crippen LogP contribution in [0, 0.1) is 20.8 Å². The molecule has 5 heteroatoms. The Bertz CT molecular complexity index is 716. The molecule has 0 aromatic heterocycles. The van der Waals surface area contributed by atoms with E-state index in [4.69, 9.17) is 11.6 Å². The first-order chi connectivity index (χ1) is 10.8. The molecule has 2 aromatic carbocycles. The van der Waals surface area contributed by atoms with Gasteiger partial charge >= 0.3 is 0 Å². The van der Waals surface area contributed by atoms with Crippen molar-refractivity contribution in [3.8, 4) is 0 Å². The van der Waals surface area contributed by atoms with Crippen LogP contribution in [0.5, 0.6) is 0 Å². The van der Waals surface area contributed by atoms with Gasteiger partial charge in [0, 0.05) is 5.69 Å². The Hall–Kier alpha value is -2.33. The predicted octanol–water partition coefficient (Wildman–Crippen LogP) is 4.23. The summed E-state index contributed by atoms with van der Waals surface area (Å²) >= 11 is 6.14. The summed E-state index contributed by atoms with van der Waals surface area (Å²) in [4.78, 5) is 23.9. The topological polar surface area (TPSA) is 58.2 Å². The van der Waals surface area contributed by atoms with Crippen molar-refractivity contribution < 1.29 is 9.59 Å². The highest BCUT2D eigenvalue weighted by Gasteiger charge is 2.13. The number of carbonyl (C=O) groups is 2. The molecule has 0 aliphatic rings. The molecule has 23 heavy (non-hydrogen) atoms. The second kappa shape index (κ2) is 7.29. The van der Waals surface area contributed by atoms with E-state index in [0.717, 1.165) is 16.7 Å². The van der Waals surface area contributed by atoms with Crippen molar-refractivity contribution in [3.05, 3.63) is 58.1 Å². The molecule has 0 atom stereocenters. The van der Waals surface area contributed by atoms with E-state index < -0.39 is 5.91 Å². The van der Waals surface area contributed by atoms with Gasteiger partial charge in [0.25, 0.3) is 0 Å². The van der Waals surface area contributed by atoms with Gasteiger partial charge < -0.3 is 10.6 Å². The van der Waals surface area contributed by atoms with Crippen LogP contribution < -0.4 is 10.6 Å². The van der Waals surface area contributed by atoms with E-state index in [-0.39, 0.29) is 12.3 Å². The third kappa shape index (κ3) is 4.83. The van der Waals surface area contributed by atoms with Gasteiger partial charge in [0.15, 0.2) is 0 Å². The quantitative estimate of drug-likeness (QED) is 0.824. The van der Waals surface area contributed by atoms with Crippen molar-refractivity contribution in [2.45, 2.75) is 27.2 Å². The summed E-state index contributed by atoms with van der Waals surface area (Å²) < 4.78 is 0. The zero-order valence-corrected chi connectivity index (χ0v) is 14.1. The van der Waals surface area contributed by atoms with Crippen molar-refractivity contribution in [1.29, 1.82) is 0 Å². The van der Waals surface area contributed by atoms with Crippen LogP contribution >= 0.6 is 11.6 Å². The van der Waals surface area contributed by atoms with E-state index in [1.165, 1.54) is 0 Å². The minimum absolute atomic E-state index is 0.266. The average molecular weight is 331 g/mol. The number of hydrogen-bond acceptors (Lipinski definition) is 2. The predicted molar refractivity (Wildman–Crippen MR) is 94.0 cm³/mol. The zero-order chi connectivity index (χ0) is 17.0. The largest absolute Gasteiger partial charge is 0.326 e. The molecule has 4 nitrogen and oxygen atoms in total. The van der Waals surface area contributed by atoms with Crippen LogP contribution in [0.1, 0.15) is 23.1 Å². The maximum absolute atomic E-state index is 12.0. The normalized spacial score (nSPS) is 10.3. The number of anilines is 2. The molecule has 0 heterocycles. The van der Waals surface area contributed by atoms with Crippen molar-refractivity contribution >= 4 is 34.8 Å². The first kappa shape index (κ1) is 17.0. The monoisotopic (exact) mass is 330 g/mol. The highest BCUT2D eigenvalue weighted by Crippen LogP contribution is 2.27. The summed E-state index contributed by atoms with van der Waals surface area (Å²) in [6, 6.07) is 11.1. The molecule has 2 aromatic rings. The van der Waals surface area contributed by atoms with Gasteiger partial charge in [-0.3, -0.25) is 9.59 Å². The molecular weight excluding hydrogens is 312 g/mol. The van der Waals surface area contributed by atoms with Crippen LogP contribution in [-0.2, 0) is 9.59 Å². The lowest BCUT2D eigenvalue weighted by atomic mass is 10.1. The number of benzene rings is 2. The lowest BCUT2D eigenvalue weighted by Gasteiger charge is -2.11. The summed E-state index contributed by atoms with van der Waals surface area (Å²) in [5.74, 6) is -0.768. The molecule has 0 radical (unpaired) electrons. The van der Waals surface area contributed by atoms with Gasteiger partial charge in [-0.2, -0.15) is 0 Å². The lowest BCUT2D eigenvalue weighted by molar-refractivity contribution is -0.123. The molecule has 2 N–H and O–H groups in total. The third-order valence-electron chi connectivity index (χ3n) is 3.35. The van der Waals surface area contributed by atoms with Gasteiger partial charge in [0.1, 0.15) is 6.42 Å². The number of rotatable bonds is 4. The second-order valence-corrected chi connectivity index (χ2v) is 5.98. The molecular formula is C18H19ClN2O2. The van der Waals surface area contributed by atoms with E-state index in [1.807, 2.05) is 39.0 Å². The molecule has 0 aliphatic carbocycles. The third-order valence-corrected chi connectivity index (χ3v) is 3.65. The smallest absolute Gasteiger partial charge is 0.233 e. The van der Waals surface area contributed by atoms with Gasteiger partial charge in [0.2, 0.25) is 11.8 Å². The zero-order valence-electron chi connectivity index (χ0n) is 13.4. The number of hydrogen-bond donors (Lipinski definition) is 2. The second-order valence-electron chi connectivity index (χ2n) is 5.58. The first-order valence-electron chi connectivity index (χ1n) is 7.28. The van der Waals surface area contributed by atoms with E-state index in [0.29, 0.717) is 16.4 Å². The number of nitrogens with one attached hydrogen (secondary N) is 2. The molecule has 0 bridgehead atoms. The molecule has 0 fully saturated rings. The Morgan fingerprint density at radius 1 is 0.913 bits per heavy atom. The highest BCUT2D eigenvalue weighted by atomic mass is 35.5. The van der Waals surface area contributed by atoms with Gasteiger partial charge in [-0.15, -0.1) is 0 Å². The maximum Gasteiger partial charge on any atom is 0.233 e. The van der Waals surface area contributed by atoms with Crippen molar-refractivity contribution in [3.63, 3.8) is 0 Å². The minimum atomic E-state index is -0.400. The van der Waals surface area contributed by atoms with Crippen LogP contribution in [0.25, 0.3) is 0 Å². The molecule has 2 amide bonds. The number of halogens is 1. The van der Waals surface area contributed by atoms with Crippen molar-refractivity contribution in [1.82, 2.24) is 0 Å². The van der Waals surface area contributed by atoms with Crippen LogP contribution in [0.15, 0.2) is 36.4 Å². The average Bonchev–Trinajstić information content (AvgIpc) is 2.45. The SMILES string of the molecule is Cc1ccc(NC(=O)CC(=O)Nc2c(C)cc(C)cc2Cl)cc1. The summed E-state index contributed by atoms with van der Waals surface area (Å²) in [5.41, 5.74) is 4.19. The summed E-state index contributed by atoms with van der Waals surface area (Å²) in [5, 5.41) is 5.86. The molecule has 2 rings (SSSR count). The Balaban J connectivity index is 1.97.